The lowest BCUT2D eigenvalue weighted by Gasteiger charge is -2.11. The van der Waals surface area contributed by atoms with Crippen molar-refractivity contribution < 1.29 is 13.2 Å². The molecule has 0 spiro atoms. The van der Waals surface area contributed by atoms with Gasteiger partial charge in [-0.1, -0.05) is 13.0 Å². The number of aromatic nitrogens is 1. The molecule has 0 aliphatic rings. The van der Waals surface area contributed by atoms with Crippen LogP contribution in [0.15, 0.2) is 23.4 Å². The molecule has 0 aromatic carbocycles. The van der Waals surface area contributed by atoms with Crippen LogP contribution in [0.3, 0.4) is 0 Å². The molecule has 0 aliphatic carbocycles. The molecule has 1 heterocycles. The van der Waals surface area contributed by atoms with Crippen LogP contribution in [0.2, 0.25) is 0 Å². The van der Waals surface area contributed by atoms with Gasteiger partial charge in [-0.15, -0.1) is 0 Å². The van der Waals surface area contributed by atoms with Crippen LogP contribution in [0.4, 0.5) is 0 Å². The lowest BCUT2D eigenvalue weighted by molar-refractivity contribution is 0.161. The second kappa shape index (κ2) is 7.54. The Kier molecular flexibility index (Phi) is 6.36. The molecule has 1 aromatic rings. The molecule has 1 rings (SSSR count). The fraction of sp³-hybridized carbons (Fsp3) is 0.583. The van der Waals surface area contributed by atoms with Crippen molar-refractivity contribution >= 4 is 10.0 Å². The van der Waals surface area contributed by atoms with Crippen LogP contribution in [-0.2, 0) is 21.3 Å². The Labute approximate surface area is 114 Å². The van der Waals surface area contributed by atoms with Gasteiger partial charge in [0.2, 0.25) is 0 Å². The van der Waals surface area contributed by atoms with E-state index < -0.39 is 10.0 Å². The van der Waals surface area contributed by atoms with Gasteiger partial charge in [0.25, 0.3) is 10.0 Å². The summed E-state index contributed by atoms with van der Waals surface area (Å²) in [5.74, 6) is 0.114. The summed E-state index contributed by atoms with van der Waals surface area (Å²) in [6, 6.07) is 3.26. The SMILES string of the molecule is CNCc1ccc(S(=O)(=O)NCC(C)COC)nc1. The van der Waals surface area contributed by atoms with Gasteiger partial charge in [0.15, 0.2) is 5.03 Å². The highest BCUT2D eigenvalue weighted by Crippen LogP contribution is 2.07. The highest BCUT2D eigenvalue weighted by Gasteiger charge is 2.16. The molecule has 108 valence electrons. The van der Waals surface area contributed by atoms with Gasteiger partial charge in [0, 0.05) is 33.0 Å². The summed E-state index contributed by atoms with van der Waals surface area (Å²) < 4.78 is 31.4. The Morgan fingerprint density at radius 2 is 2.16 bits per heavy atom. The van der Waals surface area contributed by atoms with Crippen molar-refractivity contribution in [2.45, 2.75) is 18.5 Å². The zero-order valence-electron chi connectivity index (χ0n) is 11.5. The molecule has 0 bridgehead atoms. The van der Waals surface area contributed by atoms with E-state index in [1.54, 1.807) is 19.4 Å². The number of hydrogen-bond acceptors (Lipinski definition) is 5. The van der Waals surface area contributed by atoms with Crippen molar-refractivity contribution in [1.29, 1.82) is 0 Å². The molecule has 0 amide bonds. The second-order valence-electron chi connectivity index (χ2n) is 4.45. The summed E-state index contributed by atoms with van der Waals surface area (Å²) in [4.78, 5) is 3.97. The Balaban J connectivity index is 2.66. The van der Waals surface area contributed by atoms with E-state index in [1.807, 2.05) is 14.0 Å². The van der Waals surface area contributed by atoms with E-state index in [2.05, 4.69) is 15.0 Å². The standard InChI is InChI=1S/C12H21N3O3S/c1-10(9-18-3)6-15-19(16,17)12-5-4-11(7-13-2)8-14-12/h4-5,8,10,13,15H,6-7,9H2,1-3H3. The minimum atomic E-state index is -3.54. The largest absolute Gasteiger partial charge is 0.384 e. The normalized spacial score (nSPS) is 13.4. The Morgan fingerprint density at radius 1 is 1.42 bits per heavy atom. The molecule has 1 aromatic heterocycles. The molecule has 0 aliphatic heterocycles. The minimum absolute atomic E-state index is 0.0389. The second-order valence-corrected chi connectivity index (χ2v) is 6.16. The van der Waals surface area contributed by atoms with Crippen LogP contribution in [0.1, 0.15) is 12.5 Å². The predicted molar refractivity (Wildman–Crippen MR) is 73.2 cm³/mol. The fourth-order valence-corrected chi connectivity index (χ4v) is 2.64. The summed E-state index contributed by atoms with van der Waals surface area (Å²) in [5.41, 5.74) is 0.939. The van der Waals surface area contributed by atoms with Crippen molar-refractivity contribution in [3.8, 4) is 0 Å². The number of nitrogens with zero attached hydrogens (tertiary/aromatic N) is 1. The third-order valence-electron chi connectivity index (χ3n) is 2.53. The van der Waals surface area contributed by atoms with E-state index in [0.29, 0.717) is 19.7 Å². The summed E-state index contributed by atoms with van der Waals surface area (Å²) >= 11 is 0. The van der Waals surface area contributed by atoms with E-state index in [-0.39, 0.29) is 10.9 Å². The highest BCUT2D eigenvalue weighted by atomic mass is 32.2. The van der Waals surface area contributed by atoms with Gasteiger partial charge in [-0.3, -0.25) is 0 Å². The van der Waals surface area contributed by atoms with Gasteiger partial charge >= 0.3 is 0 Å². The molecule has 2 N–H and O–H groups in total. The molecule has 0 saturated heterocycles. The maximum Gasteiger partial charge on any atom is 0.258 e. The summed E-state index contributed by atoms with van der Waals surface area (Å²) in [6.45, 7) is 3.41. The van der Waals surface area contributed by atoms with Gasteiger partial charge < -0.3 is 10.1 Å². The van der Waals surface area contributed by atoms with E-state index in [0.717, 1.165) is 5.56 Å². The van der Waals surface area contributed by atoms with E-state index in [4.69, 9.17) is 4.74 Å². The van der Waals surface area contributed by atoms with E-state index >= 15 is 0 Å². The van der Waals surface area contributed by atoms with Crippen LogP contribution < -0.4 is 10.0 Å². The maximum absolute atomic E-state index is 12.0. The van der Waals surface area contributed by atoms with Gasteiger partial charge in [0.05, 0.1) is 0 Å². The molecule has 1 unspecified atom stereocenters. The number of rotatable bonds is 8. The third kappa shape index (κ3) is 5.23. The van der Waals surface area contributed by atoms with Crippen molar-refractivity contribution in [1.82, 2.24) is 15.0 Å². The van der Waals surface area contributed by atoms with Crippen LogP contribution in [0.5, 0.6) is 0 Å². The molecular formula is C12H21N3O3S. The Bertz CT molecular complexity index is 473. The predicted octanol–water partition coefficient (Wildman–Crippen LogP) is 0.362. The van der Waals surface area contributed by atoms with Gasteiger partial charge in [-0.25, -0.2) is 18.1 Å². The van der Waals surface area contributed by atoms with Crippen molar-refractivity contribution in [2.24, 2.45) is 5.92 Å². The van der Waals surface area contributed by atoms with Crippen LogP contribution >= 0.6 is 0 Å². The van der Waals surface area contributed by atoms with Gasteiger partial charge in [-0.2, -0.15) is 0 Å². The number of sulfonamides is 1. The average molecular weight is 287 g/mol. The first kappa shape index (κ1) is 16.0. The maximum atomic E-state index is 12.0. The van der Waals surface area contributed by atoms with Gasteiger partial charge in [-0.05, 0) is 24.6 Å². The first-order chi connectivity index (χ1) is 8.99. The first-order valence-electron chi connectivity index (χ1n) is 6.07. The number of pyridine rings is 1. The first-order valence-corrected chi connectivity index (χ1v) is 7.56. The lowest BCUT2D eigenvalue weighted by atomic mass is 10.2. The molecule has 19 heavy (non-hydrogen) atoms. The van der Waals surface area contributed by atoms with Crippen molar-refractivity contribution in [3.63, 3.8) is 0 Å². The Morgan fingerprint density at radius 3 is 2.68 bits per heavy atom. The zero-order valence-corrected chi connectivity index (χ0v) is 12.3. The van der Waals surface area contributed by atoms with Gasteiger partial charge in [0.1, 0.15) is 0 Å². The van der Waals surface area contributed by atoms with E-state index in [1.165, 1.54) is 6.07 Å². The van der Waals surface area contributed by atoms with E-state index in [9.17, 15) is 8.42 Å². The Hall–Kier alpha value is -1.02. The molecular weight excluding hydrogens is 266 g/mol. The molecule has 0 radical (unpaired) electrons. The lowest BCUT2D eigenvalue weighted by Crippen LogP contribution is -2.30. The monoisotopic (exact) mass is 287 g/mol. The quantitative estimate of drug-likeness (QED) is 0.722. The zero-order chi connectivity index (χ0) is 14.3. The topological polar surface area (TPSA) is 80.3 Å². The smallest absolute Gasteiger partial charge is 0.258 e. The molecule has 0 fully saturated rings. The van der Waals surface area contributed by atoms with Crippen LogP contribution in [0.25, 0.3) is 0 Å². The van der Waals surface area contributed by atoms with Crippen LogP contribution in [-0.4, -0.2) is 40.7 Å². The summed E-state index contributed by atoms with van der Waals surface area (Å²) in [6.07, 6.45) is 1.56. The molecule has 0 saturated carbocycles. The van der Waals surface area contributed by atoms with Crippen molar-refractivity contribution in [2.75, 3.05) is 27.3 Å². The fourth-order valence-electron chi connectivity index (χ4n) is 1.55. The van der Waals surface area contributed by atoms with Crippen molar-refractivity contribution in [3.05, 3.63) is 23.9 Å². The third-order valence-corrected chi connectivity index (χ3v) is 3.87. The number of hydrogen-bond donors (Lipinski definition) is 2. The highest BCUT2D eigenvalue weighted by molar-refractivity contribution is 7.89. The number of nitrogens with one attached hydrogen (secondary N) is 2. The molecule has 1 atom stereocenters. The number of methoxy groups -OCH3 is 1. The average Bonchev–Trinajstić information content (AvgIpc) is 2.38. The number of ether oxygens (including phenoxy) is 1. The van der Waals surface area contributed by atoms with Crippen LogP contribution in [0, 0.1) is 5.92 Å². The summed E-state index contributed by atoms with van der Waals surface area (Å²) in [7, 11) is -0.129. The molecule has 6 nitrogen and oxygen atoms in total. The minimum Gasteiger partial charge on any atom is -0.384 e. The molecule has 7 heteroatoms. The summed E-state index contributed by atoms with van der Waals surface area (Å²) in [5, 5.41) is 3.02.